The lowest BCUT2D eigenvalue weighted by Gasteiger charge is -2.42. The Kier molecular flexibility index (Phi) is 6.82. The standard InChI is InChI=1S/C27H30N4O2/c1-20(2)30-26(33)27(12-7-15-31(19-27)25(32)23-10-6-14-29-18-23)16-21-8-3-4-11-24(21)22-9-5-13-28-17-22/h3-6,8-11,13-14,17-18,20H,7,12,15-16,19H2,1-2H3,(H,30,33). The summed E-state index contributed by atoms with van der Waals surface area (Å²) in [7, 11) is 0. The number of nitrogens with one attached hydrogen (secondary N) is 1. The van der Waals surface area contributed by atoms with Gasteiger partial charge >= 0.3 is 0 Å². The number of amides is 2. The Bertz CT molecular complexity index is 1100. The first-order valence-corrected chi connectivity index (χ1v) is 11.5. The molecule has 1 saturated heterocycles. The number of nitrogens with zero attached hydrogens (tertiary/aromatic N) is 3. The minimum Gasteiger partial charge on any atom is -0.353 e. The minimum absolute atomic E-state index is 0.00202. The van der Waals surface area contributed by atoms with Crippen LogP contribution in [0.2, 0.25) is 0 Å². The fraction of sp³-hybridized carbons (Fsp3) is 0.333. The second-order valence-corrected chi connectivity index (χ2v) is 9.06. The van der Waals surface area contributed by atoms with E-state index in [0.717, 1.165) is 29.5 Å². The van der Waals surface area contributed by atoms with Crippen LogP contribution in [0.3, 0.4) is 0 Å². The molecule has 0 radical (unpaired) electrons. The second kappa shape index (κ2) is 9.94. The van der Waals surface area contributed by atoms with Gasteiger partial charge < -0.3 is 10.2 Å². The Hall–Kier alpha value is -3.54. The lowest BCUT2D eigenvalue weighted by atomic mass is 9.73. The van der Waals surface area contributed by atoms with Crippen LogP contribution in [0, 0.1) is 5.41 Å². The number of likely N-dealkylation sites (tertiary alicyclic amines) is 1. The Balaban J connectivity index is 1.69. The third kappa shape index (κ3) is 5.11. The Labute approximate surface area is 195 Å². The van der Waals surface area contributed by atoms with Crippen molar-refractivity contribution in [1.29, 1.82) is 0 Å². The molecule has 1 aliphatic rings. The zero-order chi connectivity index (χ0) is 23.3. The second-order valence-electron chi connectivity index (χ2n) is 9.06. The number of hydrogen-bond donors (Lipinski definition) is 1. The summed E-state index contributed by atoms with van der Waals surface area (Å²) >= 11 is 0. The average molecular weight is 443 g/mol. The van der Waals surface area contributed by atoms with Gasteiger partial charge in [0.05, 0.1) is 11.0 Å². The summed E-state index contributed by atoms with van der Waals surface area (Å²) in [6, 6.07) is 15.7. The van der Waals surface area contributed by atoms with Crippen LogP contribution in [0.1, 0.15) is 42.6 Å². The molecule has 2 aromatic heterocycles. The van der Waals surface area contributed by atoms with Crippen LogP contribution in [-0.2, 0) is 11.2 Å². The third-order valence-electron chi connectivity index (χ3n) is 6.19. The van der Waals surface area contributed by atoms with E-state index >= 15 is 0 Å². The van der Waals surface area contributed by atoms with Crippen molar-refractivity contribution in [2.75, 3.05) is 13.1 Å². The number of benzene rings is 1. The minimum atomic E-state index is -0.710. The van der Waals surface area contributed by atoms with Crippen molar-refractivity contribution in [2.45, 2.75) is 39.2 Å². The molecule has 0 spiro atoms. The van der Waals surface area contributed by atoms with Crippen LogP contribution in [0.4, 0.5) is 0 Å². The van der Waals surface area contributed by atoms with Gasteiger partial charge in [-0.3, -0.25) is 19.6 Å². The van der Waals surface area contributed by atoms with E-state index in [9.17, 15) is 9.59 Å². The fourth-order valence-corrected chi connectivity index (χ4v) is 4.64. The smallest absolute Gasteiger partial charge is 0.255 e. The highest BCUT2D eigenvalue weighted by atomic mass is 16.2. The van der Waals surface area contributed by atoms with Crippen molar-refractivity contribution in [3.63, 3.8) is 0 Å². The maximum atomic E-state index is 13.6. The normalized spacial score (nSPS) is 18.2. The first-order valence-electron chi connectivity index (χ1n) is 11.5. The van der Waals surface area contributed by atoms with Crippen LogP contribution in [-0.4, -0.2) is 45.8 Å². The molecule has 170 valence electrons. The van der Waals surface area contributed by atoms with Gasteiger partial charge in [-0.2, -0.15) is 0 Å². The third-order valence-corrected chi connectivity index (χ3v) is 6.19. The zero-order valence-electron chi connectivity index (χ0n) is 19.2. The van der Waals surface area contributed by atoms with Crippen molar-refractivity contribution in [1.82, 2.24) is 20.2 Å². The molecule has 0 aliphatic carbocycles. The van der Waals surface area contributed by atoms with Crippen molar-refractivity contribution < 1.29 is 9.59 Å². The van der Waals surface area contributed by atoms with Gasteiger partial charge in [-0.25, -0.2) is 0 Å². The topological polar surface area (TPSA) is 75.2 Å². The quantitative estimate of drug-likeness (QED) is 0.623. The maximum absolute atomic E-state index is 13.6. The van der Waals surface area contributed by atoms with Gasteiger partial charge in [-0.15, -0.1) is 0 Å². The lowest BCUT2D eigenvalue weighted by molar-refractivity contribution is -0.134. The molecule has 1 aliphatic heterocycles. The van der Waals surface area contributed by atoms with Gasteiger partial charge in [0.15, 0.2) is 0 Å². The Morgan fingerprint density at radius 1 is 1.03 bits per heavy atom. The van der Waals surface area contributed by atoms with Gasteiger partial charge in [0.25, 0.3) is 5.91 Å². The summed E-state index contributed by atoms with van der Waals surface area (Å²) in [6.07, 6.45) is 8.89. The molecule has 1 N–H and O–H groups in total. The van der Waals surface area contributed by atoms with E-state index in [1.54, 1.807) is 30.7 Å². The van der Waals surface area contributed by atoms with Gasteiger partial charge in [-0.05, 0) is 62.4 Å². The SMILES string of the molecule is CC(C)NC(=O)C1(Cc2ccccc2-c2cccnc2)CCCN(C(=O)c2cccnc2)C1. The van der Waals surface area contributed by atoms with Gasteiger partial charge in [0.2, 0.25) is 5.91 Å². The summed E-state index contributed by atoms with van der Waals surface area (Å²) in [5.74, 6) is -0.0766. The summed E-state index contributed by atoms with van der Waals surface area (Å²) in [6.45, 7) is 4.95. The van der Waals surface area contributed by atoms with Crippen molar-refractivity contribution >= 4 is 11.8 Å². The molecule has 1 aromatic carbocycles. The first kappa shape index (κ1) is 22.6. The van der Waals surface area contributed by atoms with Crippen LogP contribution >= 0.6 is 0 Å². The largest absolute Gasteiger partial charge is 0.353 e. The molecule has 3 aromatic rings. The van der Waals surface area contributed by atoms with Crippen LogP contribution in [0.15, 0.2) is 73.3 Å². The highest BCUT2D eigenvalue weighted by molar-refractivity contribution is 5.95. The molecule has 33 heavy (non-hydrogen) atoms. The molecule has 6 nitrogen and oxygen atoms in total. The van der Waals surface area contributed by atoms with E-state index in [0.29, 0.717) is 25.1 Å². The fourth-order valence-electron chi connectivity index (χ4n) is 4.64. The Morgan fingerprint density at radius 2 is 1.79 bits per heavy atom. The molecule has 2 amide bonds. The van der Waals surface area contributed by atoms with Crippen LogP contribution in [0.5, 0.6) is 0 Å². The van der Waals surface area contributed by atoms with Crippen molar-refractivity contribution in [2.24, 2.45) is 5.41 Å². The van der Waals surface area contributed by atoms with Gasteiger partial charge in [0.1, 0.15) is 0 Å². The van der Waals surface area contributed by atoms with Crippen molar-refractivity contribution in [3.05, 3.63) is 84.4 Å². The Morgan fingerprint density at radius 3 is 2.48 bits per heavy atom. The predicted octanol–water partition coefficient (Wildman–Crippen LogP) is 4.13. The van der Waals surface area contributed by atoms with Crippen LogP contribution < -0.4 is 5.32 Å². The molecule has 1 unspecified atom stereocenters. The maximum Gasteiger partial charge on any atom is 0.255 e. The number of rotatable bonds is 6. The van der Waals surface area contributed by atoms with E-state index < -0.39 is 5.41 Å². The molecular formula is C27H30N4O2. The zero-order valence-corrected chi connectivity index (χ0v) is 19.2. The number of carbonyl (C=O) groups excluding carboxylic acids is 2. The molecule has 0 bridgehead atoms. The number of hydrogen-bond acceptors (Lipinski definition) is 4. The first-order chi connectivity index (χ1) is 16.0. The van der Waals surface area contributed by atoms with E-state index in [2.05, 4.69) is 27.4 Å². The van der Waals surface area contributed by atoms with Gasteiger partial charge in [-0.1, -0.05) is 30.3 Å². The van der Waals surface area contributed by atoms with Crippen LogP contribution in [0.25, 0.3) is 11.1 Å². The molecule has 4 rings (SSSR count). The van der Waals surface area contributed by atoms with E-state index in [4.69, 9.17) is 0 Å². The van der Waals surface area contributed by atoms with Gasteiger partial charge in [0, 0.05) is 49.5 Å². The molecule has 1 fully saturated rings. The number of carbonyl (C=O) groups is 2. The molecule has 1 atom stereocenters. The number of pyridine rings is 2. The number of piperidine rings is 1. The van der Waals surface area contributed by atoms with E-state index in [1.807, 2.05) is 49.2 Å². The number of aromatic nitrogens is 2. The highest BCUT2D eigenvalue weighted by Crippen LogP contribution is 2.37. The molecule has 3 heterocycles. The van der Waals surface area contributed by atoms with Crippen molar-refractivity contribution in [3.8, 4) is 11.1 Å². The molecule has 0 saturated carbocycles. The molecule has 6 heteroatoms. The molecular weight excluding hydrogens is 412 g/mol. The predicted molar refractivity (Wildman–Crippen MR) is 128 cm³/mol. The average Bonchev–Trinajstić information content (AvgIpc) is 2.85. The summed E-state index contributed by atoms with van der Waals surface area (Å²) in [4.78, 5) is 37.0. The van der Waals surface area contributed by atoms with E-state index in [-0.39, 0.29) is 17.9 Å². The monoisotopic (exact) mass is 442 g/mol. The lowest BCUT2D eigenvalue weighted by Crippen LogP contribution is -2.55. The summed E-state index contributed by atoms with van der Waals surface area (Å²) in [5.41, 5.74) is 3.01. The highest BCUT2D eigenvalue weighted by Gasteiger charge is 2.44. The van der Waals surface area contributed by atoms with E-state index in [1.165, 1.54) is 0 Å². The summed E-state index contributed by atoms with van der Waals surface area (Å²) < 4.78 is 0. The summed E-state index contributed by atoms with van der Waals surface area (Å²) in [5, 5.41) is 3.13.